The van der Waals surface area contributed by atoms with Gasteiger partial charge in [-0.25, -0.2) is 15.8 Å². The molecule has 1 amide bonds. The van der Waals surface area contributed by atoms with Gasteiger partial charge in [0, 0.05) is 24.8 Å². The summed E-state index contributed by atoms with van der Waals surface area (Å²) in [6.45, 7) is 0.416. The van der Waals surface area contributed by atoms with Crippen LogP contribution in [0.4, 0.5) is 0 Å². The van der Waals surface area contributed by atoms with Crippen molar-refractivity contribution in [2.24, 2.45) is 5.84 Å². The molecule has 0 saturated heterocycles. The zero-order chi connectivity index (χ0) is 17.9. The Balaban J connectivity index is 0.000000181. The number of hydrogen-bond acceptors (Lipinski definition) is 6. The third-order valence-corrected chi connectivity index (χ3v) is 2.93. The predicted octanol–water partition coefficient (Wildman–Crippen LogP) is 0.557. The van der Waals surface area contributed by atoms with Gasteiger partial charge < -0.3 is 14.7 Å². The molecule has 0 fully saturated rings. The SMILES string of the molecule is NNC(=O)COCc1ccccc1.O=C(c1ncc[nH]1)c1ncc[nH]1. The van der Waals surface area contributed by atoms with E-state index in [1.165, 1.54) is 12.4 Å². The Morgan fingerprint density at radius 2 is 1.64 bits per heavy atom. The maximum absolute atomic E-state index is 11.4. The van der Waals surface area contributed by atoms with Crippen LogP contribution in [-0.2, 0) is 16.1 Å². The summed E-state index contributed by atoms with van der Waals surface area (Å²) in [7, 11) is 0. The van der Waals surface area contributed by atoms with Gasteiger partial charge in [-0.1, -0.05) is 30.3 Å². The van der Waals surface area contributed by atoms with Crippen LogP contribution in [0, 0.1) is 0 Å². The Bertz CT molecular complexity index is 720. The number of ketones is 1. The molecule has 0 aliphatic rings. The van der Waals surface area contributed by atoms with E-state index in [-0.39, 0.29) is 18.3 Å². The van der Waals surface area contributed by atoms with Gasteiger partial charge in [-0.05, 0) is 5.56 Å². The van der Waals surface area contributed by atoms with Crippen molar-refractivity contribution in [3.05, 3.63) is 72.3 Å². The van der Waals surface area contributed by atoms with E-state index in [0.29, 0.717) is 18.3 Å². The largest absolute Gasteiger partial charge is 0.367 e. The van der Waals surface area contributed by atoms with Gasteiger partial charge in [0.05, 0.1) is 6.61 Å². The highest BCUT2D eigenvalue weighted by atomic mass is 16.5. The fourth-order valence-corrected chi connectivity index (χ4v) is 1.77. The highest BCUT2D eigenvalue weighted by Crippen LogP contribution is 2.00. The molecule has 0 spiro atoms. The average Bonchev–Trinajstić information content (AvgIpc) is 3.36. The van der Waals surface area contributed by atoms with E-state index < -0.39 is 0 Å². The minimum absolute atomic E-state index is 0.00854. The van der Waals surface area contributed by atoms with Crippen molar-refractivity contribution in [1.82, 2.24) is 25.4 Å². The minimum atomic E-state index is -0.323. The van der Waals surface area contributed by atoms with Crippen LogP contribution in [0.2, 0.25) is 0 Å². The molecule has 0 aliphatic carbocycles. The van der Waals surface area contributed by atoms with Crippen LogP contribution in [0.3, 0.4) is 0 Å². The number of carbonyl (C=O) groups excluding carboxylic acids is 2. The second kappa shape index (κ2) is 9.75. The van der Waals surface area contributed by atoms with Gasteiger partial charge in [0.25, 0.3) is 11.7 Å². The van der Waals surface area contributed by atoms with Gasteiger partial charge in [0.15, 0.2) is 11.6 Å². The van der Waals surface area contributed by atoms with Gasteiger partial charge in [-0.3, -0.25) is 15.0 Å². The molecule has 0 unspecified atom stereocenters. The summed E-state index contributed by atoms with van der Waals surface area (Å²) in [4.78, 5) is 35.0. The minimum Gasteiger partial charge on any atom is -0.367 e. The number of benzene rings is 1. The number of nitrogens with zero attached hydrogens (tertiary/aromatic N) is 2. The molecule has 3 aromatic rings. The molecule has 0 saturated carbocycles. The summed E-state index contributed by atoms with van der Waals surface area (Å²) in [6.07, 6.45) is 6.23. The molecule has 130 valence electrons. The summed E-state index contributed by atoms with van der Waals surface area (Å²) in [5.41, 5.74) is 3.02. The fourth-order valence-electron chi connectivity index (χ4n) is 1.77. The monoisotopic (exact) mass is 342 g/mol. The average molecular weight is 342 g/mol. The van der Waals surface area contributed by atoms with E-state index >= 15 is 0 Å². The highest BCUT2D eigenvalue weighted by Gasteiger charge is 2.12. The lowest BCUT2D eigenvalue weighted by Gasteiger charge is -2.02. The van der Waals surface area contributed by atoms with E-state index in [0.717, 1.165) is 5.56 Å². The molecule has 3 rings (SSSR count). The van der Waals surface area contributed by atoms with Gasteiger partial charge in [-0.15, -0.1) is 0 Å². The molecule has 0 atom stereocenters. The molecule has 0 radical (unpaired) electrons. The number of ether oxygens (including phenoxy) is 1. The zero-order valence-corrected chi connectivity index (χ0v) is 13.3. The molecular formula is C16H18N6O3. The first-order valence-corrected chi connectivity index (χ1v) is 7.35. The van der Waals surface area contributed by atoms with Gasteiger partial charge in [0.1, 0.15) is 6.61 Å². The Morgan fingerprint density at radius 3 is 2.12 bits per heavy atom. The Kier molecular flexibility index (Phi) is 7.04. The summed E-state index contributed by atoms with van der Waals surface area (Å²) in [6, 6.07) is 9.63. The van der Waals surface area contributed by atoms with E-state index in [1.54, 1.807) is 12.4 Å². The predicted molar refractivity (Wildman–Crippen MR) is 89.0 cm³/mol. The quantitative estimate of drug-likeness (QED) is 0.223. The number of hydrazine groups is 1. The van der Waals surface area contributed by atoms with Crippen molar-refractivity contribution in [3.63, 3.8) is 0 Å². The molecular weight excluding hydrogens is 324 g/mol. The molecule has 2 heterocycles. The second-order valence-electron chi connectivity index (χ2n) is 4.75. The Hall–Kier alpha value is -3.30. The number of amides is 1. The van der Waals surface area contributed by atoms with Crippen molar-refractivity contribution >= 4 is 11.7 Å². The van der Waals surface area contributed by atoms with Crippen LogP contribution in [0.25, 0.3) is 0 Å². The standard InChI is InChI=1S/C9H12N2O2.C7H6N4O/c10-11-9(12)7-13-6-8-4-2-1-3-5-8;12-5(6-8-1-2-9-6)7-10-3-4-11-7/h1-5H,6-7,10H2,(H,11,12);1-4H,(H,8,9)(H,10,11). The van der Waals surface area contributed by atoms with Crippen LogP contribution in [0.5, 0.6) is 0 Å². The Morgan fingerprint density at radius 1 is 1.04 bits per heavy atom. The molecule has 1 aromatic carbocycles. The van der Waals surface area contributed by atoms with E-state index in [1.807, 2.05) is 35.8 Å². The van der Waals surface area contributed by atoms with E-state index in [4.69, 9.17) is 10.6 Å². The summed E-state index contributed by atoms with van der Waals surface area (Å²) < 4.78 is 5.08. The summed E-state index contributed by atoms with van der Waals surface area (Å²) in [5.74, 6) is 4.91. The lowest BCUT2D eigenvalue weighted by atomic mass is 10.2. The third kappa shape index (κ3) is 6.01. The summed E-state index contributed by atoms with van der Waals surface area (Å²) >= 11 is 0. The normalized spacial score (nSPS) is 9.80. The van der Waals surface area contributed by atoms with Gasteiger partial charge in [-0.2, -0.15) is 0 Å². The highest BCUT2D eigenvalue weighted by molar-refractivity contribution is 6.03. The summed E-state index contributed by atoms with van der Waals surface area (Å²) in [5, 5.41) is 0. The molecule has 0 bridgehead atoms. The van der Waals surface area contributed by atoms with Crippen molar-refractivity contribution in [3.8, 4) is 0 Å². The van der Waals surface area contributed by atoms with Crippen LogP contribution in [0.1, 0.15) is 22.0 Å². The van der Waals surface area contributed by atoms with Crippen LogP contribution < -0.4 is 11.3 Å². The first kappa shape index (κ1) is 18.0. The molecule has 5 N–H and O–H groups in total. The Labute approximate surface area is 143 Å². The first-order chi connectivity index (χ1) is 12.2. The van der Waals surface area contributed by atoms with Crippen molar-refractivity contribution in [2.45, 2.75) is 6.61 Å². The van der Waals surface area contributed by atoms with Gasteiger partial charge in [0.2, 0.25) is 0 Å². The smallest absolute Gasteiger partial charge is 0.263 e. The number of aromatic nitrogens is 4. The number of rotatable bonds is 6. The van der Waals surface area contributed by atoms with Crippen molar-refractivity contribution < 1.29 is 14.3 Å². The van der Waals surface area contributed by atoms with Gasteiger partial charge >= 0.3 is 0 Å². The van der Waals surface area contributed by atoms with E-state index in [2.05, 4.69) is 19.9 Å². The van der Waals surface area contributed by atoms with Crippen molar-refractivity contribution in [2.75, 3.05) is 6.61 Å². The number of H-pyrrole nitrogens is 2. The third-order valence-electron chi connectivity index (χ3n) is 2.93. The van der Waals surface area contributed by atoms with E-state index in [9.17, 15) is 9.59 Å². The number of carbonyl (C=O) groups is 2. The number of aromatic amines is 2. The number of hydrogen-bond donors (Lipinski definition) is 4. The lowest BCUT2D eigenvalue weighted by Crippen LogP contribution is -2.33. The molecule has 25 heavy (non-hydrogen) atoms. The first-order valence-electron chi connectivity index (χ1n) is 7.35. The van der Waals surface area contributed by atoms with Crippen LogP contribution in [0.15, 0.2) is 55.1 Å². The molecule has 9 nitrogen and oxygen atoms in total. The molecule has 9 heteroatoms. The zero-order valence-electron chi connectivity index (χ0n) is 13.3. The molecule has 0 aliphatic heterocycles. The van der Waals surface area contributed by atoms with Crippen LogP contribution in [-0.4, -0.2) is 38.2 Å². The van der Waals surface area contributed by atoms with Crippen LogP contribution >= 0.6 is 0 Å². The number of imidazole rings is 2. The molecule has 2 aromatic heterocycles. The fraction of sp³-hybridized carbons (Fsp3) is 0.125. The maximum Gasteiger partial charge on any atom is 0.263 e. The second-order valence-corrected chi connectivity index (χ2v) is 4.75. The number of nitrogens with one attached hydrogen (secondary N) is 3. The topological polar surface area (TPSA) is 139 Å². The van der Waals surface area contributed by atoms with Crippen molar-refractivity contribution in [1.29, 1.82) is 0 Å². The lowest BCUT2D eigenvalue weighted by molar-refractivity contribution is -0.126. The maximum atomic E-state index is 11.4. The number of nitrogens with two attached hydrogens (primary N) is 1.